The molecule has 0 spiro atoms. The number of fused-ring (bicyclic) bond motifs is 2. The second-order valence-electron chi connectivity index (χ2n) is 7.17. The Morgan fingerprint density at radius 2 is 1.48 bits per heavy atom. The molecule has 0 saturated heterocycles. The van der Waals surface area contributed by atoms with Crippen molar-refractivity contribution < 1.29 is 9.47 Å². The van der Waals surface area contributed by atoms with Crippen molar-refractivity contribution in [3.63, 3.8) is 0 Å². The number of hydrogen-bond acceptors (Lipinski definition) is 4. The van der Waals surface area contributed by atoms with Crippen molar-refractivity contribution in [1.82, 2.24) is 4.90 Å². The van der Waals surface area contributed by atoms with E-state index in [2.05, 4.69) is 65.4 Å². The molecule has 3 rings (SSSR count). The second kappa shape index (κ2) is 10.5. The van der Waals surface area contributed by atoms with Gasteiger partial charge in [0, 0.05) is 31.6 Å². The van der Waals surface area contributed by atoms with Crippen molar-refractivity contribution in [3.05, 3.63) is 59.7 Å². The highest BCUT2D eigenvalue weighted by Crippen LogP contribution is 2.35. The summed E-state index contributed by atoms with van der Waals surface area (Å²) in [7, 11) is 3.87. The van der Waals surface area contributed by atoms with Gasteiger partial charge in [0.2, 0.25) is 0 Å². The lowest BCUT2D eigenvalue weighted by Gasteiger charge is -2.28. The van der Waals surface area contributed by atoms with Gasteiger partial charge in [-0.15, -0.1) is 0 Å². The summed E-state index contributed by atoms with van der Waals surface area (Å²) >= 11 is 0. The molecule has 0 N–H and O–H groups in total. The number of anilines is 2. The predicted octanol–water partition coefficient (Wildman–Crippen LogP) is 3.91. The molecule has 1 aliphatic rings. The van der Waals surface area contributed by atoms with Crippen molar-refractivity contribution in [3.8, 4) is 0 Å². The van der Waals surface area contributed by atoms with E-state index in [0.717, 1.165) is 45.5 Å². The third-order valence-corrected chi connectivity index (χ3v) is 5.20. The highest BCUT2D eigenvalue weighted by Gasteiger charge is 2.19. The van der Waals surface area contributed by atoms with Gasteiger partial charge in [-0.25, -0.2) is 0 Å². The molecule has 2 aromatic carbocycles. The lowest BCUT2D eigenvalue weighted by atomic mass is 10.0. The normalized spacial score (nSPS) is 13.4. The predicted molar refractivity (Wildman–Crippen MR) is 112 cm³/mol. The maximum absolute atomic E-state index is 5.57. The first-order valence-electron chi connectivity index (χ1n) is 9.98. The topological polar surface area (TPSA) is 24.9 Å². The van der Waals surface area contributed by atoms with Gasteiger partial charge in [0.1, 0.15) is 0 Å². The average Bonchev–Trinajstić information content (AvgIpc) is 2.85. The molecule has 4 heteroatoms. The largest absolute Gasteiger partial charge is 0.382 e. The Morgan fingerprint density at radius 1 is 0.852 bits per heavy atom. The highest BCUT2D eigenvalue weighted by molar-refractivity contribution is 5.71. The summed E-state index contributed by atoms with van der Waals surface area (Å²) in [5.41, 5.74) is 5.64. The van der Waals surface area contributed by atoms with E-state index in [9.17, 15) is 0 Å². The maximum atomic E-state index is 5.57. The van der Waals surface area contributed by atoms with Crippen LogP contribution in [0.4, 0.5) is 11.4 Å². The standard InChI is InChI=1S/C23H32N2O2/c1-24(16-17-27-19-18-26-2)14-7-15-25-22-10-5-3-8-20(22)12-13-21-9-4-6-11-23(21)25/h3-6,8-11H,7,12-19H2,1-2H3. The Hall–Kier alpha value is -1.88. The van der Waals surface area contributed by atoms with E-state index >= 15 is 0 Å². The summed E-state index contributed by atoms with van der Waals surface area (Å²) in [5.74, 6) is 0. The Bertz CT molecular complexity index is 657. The van der Waals surface area contributed by atoms with Crippen LogP contribution in [-0.2, 0) is 22.3 Å². The molecule has 0 aliphatic carbocycles. The number of hydrogen-bond donors (Lipinski definition) is 0. The quantitative estimate of drug-likeness (QED) is 0.594. The zero-order valence-corrected chi connectivity index (χ0v) is 16.7. The fourth-order valence-corrected chi connectivity index (χ4v) is 3.69. The minimum Gasteiger partial charge on any atom is -0.382 e. The van der Waals surface area contributed by atoms with Crippen LogP contribution in [0.3, 0.4) is 0 Å². The fraction of sp³-hybridized carbons (Fsp3) is 0.478. The molecule has 0 saturated carbocycles. The Balaban J connectivity index is 1.58. The molecular formula is C23H32N2O2. The highest BCUT2D eigenvalue weighted by atomic mass is 16.5. The first kappa shape index (κ1) is 19.9. The Kier molecular flexibility index (Phi) is 7.69. The molecule has 27 heavy (non-hydrogen) atoms. The molecular weight excluding hydrogens is 336 g/mol. The molecule has 1 heterocycles. The lowest BCUT2D eigenvalue weighted by molar-refractivity contribution is 0.0606. The van der Waals surface area contributed by atoms with Gasteiger partial charge in [-0.1, -0.05) is 36.4 Å². The molecule has 0 fully saturated rings. The monoisotopic (exact) mass is 368 g/mol. The van der Waals surface area contributed by atoms with Crippen LogP contribution in [0.25, 0.3) is 0 Å². The minimum atomic E-state index is 0.664. The molecule has 0 amide bonds. The zero-order valence-electron chi connectivity index (χ0n) is 16.7. The van der Waals surface area contributed by atoms with Crippen molar-refractivity contribution in [2.75, 3.05) is 58.5 Å². The van der Waals surface area contributed by atoms with E-state index in [-0.39, 0.29) is 0 Å². The van der Waals surface area contributed by atoms with Crippen molar-refractivity contribution in [1.29, 1.82) is 0 Å². The molecule has 0 radical (unpaired) electrons. The van der Waals surface area contributed by atoms with Crippen molar-refractivity contribution >= 4 is 11.4 Å². The van der Waals surface area contributed by atoms with Crippen LogP contribution in [-0.4, -0.2) is 58.5 Å². The lowest BCUT2D eigenvalue weighted by Crippen LogP contribution is -2.28. The number of methoxy groups -OCH3 is 1. The van der Waals surface area contributed by atoms with Crippen LogP contribution in [0.2, 0.25) is 0 Å². The summed E-state index contributed by atoms with van der Waals surface area (Å²) in [5, 5.41) is 0. The van der Waals surface area contributed by atoms with Crippen LogP contribution in [0.15, 0.2) is 48.5 Å². The Morgan fingerprint density at radius 3 is 2.11 bits per heavy atom. The average molecular weight is 369 g/mol. The van der Waals surface area contributed by atoms with Gasteiger partial charge in [0.25, 0.3) is 0 Å². The zero-order chi connectivity index (χ0) is 18.9. The first-order valence-corrected chi connectivity index (χ1v) is 9.98. The van der Waals surface area contributed by atoms with E-state index < -0.39 is 0 Å². The van der Waals surface area contributed by atoms with E-state index in [1.54, 1.807) is 7.11 Å². The van der Waals surface area contributed by atoms with Crippen molar-refractivity contribution in [2.24, 2.45) is 0 Å². The molecule has 0 aromatic heterocycles. The molecule has 1 aliphatic heterocycles. The number of benzene rings is 2. The first-order chi connectivity index (χ1) is 13.3. The minimum absolute atomic E-state index is 0.664. The third-order valence-electron chi connectivity index (χ3n) is 5.20. The fourth-order valence-electron chi connectivity index (χ4n) is 3.69. The van der Waals surface area contributed by atoms with Crippen LogP contribution in [0.5, 0.6) is 0 Å². The van der Waals surface area contributed by atoms with E-state index in [0.29, 0.717) is 13.2 Å². The molecule has 146 valence electrons. The number of ether oxygens (including phenoxy) is 2. The van der Waals surface area contributed by atoms with Gasteiger partial charge in [0.05, 0.1) is 19.8 Å². The summed E-state index contributed by atoms with van der Waals surface area (Å²) in [6.07, 6.45) is 3.35. The number of likely N-dealkylation sites (N-methyl/N-ethyl adjacent to an activating group) is 1. The van der Waals surface area contributed by atoms with Gasteiger partial charge in [-0.05, 0) is 56.1 Å². The van der Waals surface area contributed by atoms with Gasteiger partial charge >= 0.3 is 0 Å². The van der Waals surface area contributed by atoms with Crippen LogP contribution in [0.1, 0.15) is 17.5 Å². The summed E-state index contributed by atoms with van der Waals surface area (Å²) < 4.78 is 10.6. The van der Waals surface area contributed by atoms with Crippen LogP contribution >= 0.6 is 0 Å². The Labute approximate surface area is 163 Å². The third kappa shape index (κ3) is 5.55. The number of para-hydroxylation sites is 2. The molecule has 0 atom stereocenters. The van der Waals surface area contributed by atoms with Gasteiger partial charge in [0.15, 0.2) is 0 Å². The maximum Gasteiger partial charge on any atom is 0.0700 e. The van der Waals surface area contributed by atoms with Crippen LogP contribution in [0, 0.1) is 0 Å². The molecule has 0 unspecified atom stereocenters. The summed E-state index contributed by atoms with van der Waals surface area (Å²) in [6.45, 7) is 5.15. The smallest absolute Gasteiger partial charge is 0.0700 e. The number of nitrogens with zero attached hydrogens (tertiary/aromatic N) is 2. The van der Waals surface area contributed by atoms with Gasteiger partial charge < -0.3 is 19.3 Å². The summed E-state index contributed by atoms with van der Waals surface area (Å²) in [6, 6.07) is 17.7. The van der Waals surface area contributed by atoms with Gasteiger partial charge in [-0.2, -0.15) is 0 Å². The molecule has 0 bridgehead atoms. The number of aryl methyl sites for hydroxylation is 2. The van der Waals surface area contributed by atoms with Crippen molar-refractivity contribution in [2.45, 2.75) is 19.3 Å². The summed E-state index contributed by atoms with van der Waals surface area (Å²) in [4.78, 5) is 4.86. The van der Waals surface area contributed by atoms with E-state index in [1.807, 2.05) is 0 Å². The van der Waals surface area contributed by atoms with E-state index in [1.165, 1.54) is 22.5 Å². The number of rotatable bonds is 10. The van der Waals surface area contributed by atoms with E-state index in [4.69, 9.17) is 9.47 Å². The van der Waals surface area contributed by atoms with Crippen LogP contribution < -0.4 is 4.90 Å². The molecule has 2 aromatic rings. The second-order valence-corrected chi connectivity index (χ2v) is 7.17. The SMILES string of the molecule is COCCOCCN(C)CCCN1c2ccccc2CCc2ccccc21. The molecule has 4 nitrogen and oxygen atoms in total. The van der Waals surface area contributed by atoms with Gasteiger partial charge in [-0.3, -0.25) is 0 Å².